The lowest BCUT2D eigenvalue weighted by Gasteiger charge is -2.34. The highest BCUT2D eigenvalue weighted by Crippen LogP contribution is 2.47. The van der Waals surface area contributed by atoms with Gasteiger partial charge in [0.15, 0.2) is 0 Å². The zero-order valence-electron chi connectivity index (χ0n) is 8.28. The Morgan fingerprint density at radius 2 is 1.36 bits per heavy atom. The molecule has 3 heterocycles. The molecule has 0 saturated carbocycles. The summed E-state index contributed by atoms with van der Waals surface area (Å²) < 4.78 is 0. The van der Waals surface area contributed by atoms with Crippen molar-refractivity contribution in [2.45, 2.75) is 13.8 Å². The van der Waals surface area contributed by atoms with Gasteiger partial charge in [0.2, 0.25) is 0 Å². The van der Waals surface area contributed by atoms with Gasteiger partial charge in [-0.3, -0.25) is 0 Å². The first kappa shape index (κ1) is 8.80. The van der Waals surface area contributed by atoms with Gasteiger partial charge < -0.3 is 9.80 Å². The van der Waals surface area contributed by atoms with Crippen LogP contribution in [0.4, 0.5) is 0 Å². The van der Waals surface area contributed by atoms with Crippen molar-refractivity contribution in [1.82, 2.24) is 9.80 Å². The van der Waals surface area contributed by atoms with Crippen LogP contribution >= 0.6 is 23.5 Å². The number of allylic oxidation sites excluding steroid dienone is 2. The molecule has 0 fully saturated rings. The molecule has 2 nitrogen and oxygen atoms in total. The maximum atomic E-state index is 2.43. The second-order valence-electron chi connectivity index (χ2n) is 3.67. The van der Waals surface area contributed by atoms with Gasteiger partial charge in [-0.2, -0.15) is 0 Å². The van der Waals surface area contributed by atoms with Gasteiger partial charge in [-0.25, -0.2) is 0 Å². The van der Waals surface area contributed by atoms with E-state index in [1.165, 1.54) is 21.5 Å². The number of hydrogen-bond donors (Lipinski definition) is 0. The van der Waals surface area contributed by atoms with Crippen LogP contribution in [0.5, 0.6) is 0 Å². The van der Waals surface area contributed by atoms with Crippen LogP contribution in [-0.4, -0.2) is 22.9 Å². The summed E-state index contributed by atoms with van der Waals surface area (Å²) in [4.78, 5) is 4.85. The summed E-state index contributed by atoms with van der Waals surface area (Å²) in [5.74, 6) is 0. The highest BCUT2D eigenvalue weighted by atomic mass is 32.2. The van der Waals surface area contributed by atoms with Crippen LogP contribution in [0.25, 0.3) is 0 Å². The summed E-state index contributed by atoms with van der Waals surface area (Å²) in [6, 6.07) is 0. The summed E-state index contributed by atoms with van der Waals surface area (Å²) in [5, 5.41) is 7.35. The summed E-state index contributed by atoms with van der Waals surface area (Å²) in [7, 11) is 0. The SMILES string of the molecule is CC1=CSC2=C3SC=C(C)N3CCN12. The minimum absolute atomic E-state index is 1.12. The first-order valence-corrected chi connectivity index (χ1v) is 6.49. The van der Waals surface area contributed by atoms with Crippen molar-refractivity contribution in [2.75, 3.05) is 13.1 Å². The monoisotopic (exact) mass is 224 g/mol. The molecular weight excluding hydrogens is 212 g/mol. The van der Waals surface area contributed by atoms with Gasteiger partial charge in [0.1, 0.15) is 10.1 Å². The number of hydrogen-bond acceptors (Lipinski definition) is 4. The Hall–Kier alpha value is -0.480. The molecule has 0 bridgehead atoms. The zero-order chi connectivity index (χ0) is 9.71. The lowest BCUT2D eigenvalue weighted by molar-refractivity contribution is 0.330. The first-order chi connectivity index (χ1) is 6.77. The van der Waals surface area contributed by atoms with Crippen molar-refractivity contribution in [1.29, 1.82) is 0 Å². The Balaban J connectivity index is 2.02. The van der Waals surface area contributed by atoms with E-state index in [0.29, 0.717) is 0 Å². The molecule has 0 radical (unpaired) electrons. The topological polar surface area (TPSA) is 6.48 Å². The summed E-state index contributed by atoms with van der Waals surface area (Å²) in [5.41, 5.74) is 2.78. The minimum atomic E-state index is 1.12. The van der Waals surface area contributed by atoms with E-state index < -0.39 is 0 Å². The third-order valence-electron chi connectivity index (χ3n) is 2.75. The van der Waals surface area contributed by atoms with Crippen LogP contribution in [0.3, 0.4) is 0 Å². The van der Waals surface area contributed by atoms with E-state index in [1.54, 1.807) is 0 Å². The quantitative estimate of drug-likeness (QED) is 0.624. The normalized spacial score (nSPS) is 25.0. The average molecular weight is 224 g/mol. The maximum Gasteiger partial charge on any atom is 0.111 e. The minimum Gasteiger partial charge on any atom is -0.335 e. The Labute approximate surface area is 92.7 Å². The molecule has 14 heavy (non-hydrogen) atoms. The molecule has 3 aliphatic rings. The average Bonchev–Trinajstić information content (AvgIpc) is 2.72. The zero-order valence-corrected chi connectivity index (χ0v) is 9.91. The van der Waals surface area contributed by atoms with Crippen LogP contribution in [0.15, 0.2) is 32.3 Å². The van der Waals surface area contributed by atoms with E-state index >= 15 is 0 Å². The van der Waals surface area contributed by atoms with E-state index in [4.69, 9.17) is 0 Å². The van der Waals surface area contributed by atoms with Crippen LogP contribution in [0, 0.1) is 0 Å². The Morgan fingerprint density at radius 3 is 1.79 bits per heavy atom. The first-order valence-electron chi connectivity index (χ1n) is 4.73. The molecule has 74 valence electrons. The van der Waals surface area contributed by atoms with Crippen molar-refractivity contribution in [3.63, 3.8) is 0 Å². The van der Waals surface area contributed by atoms with Gasteiger partial charge in [-0.05, 0) is 24.7 Å². The fourth-order valence-corrected chi connectivity index (χ4v) is 4.20. The third-order valence-corrected chi connectivity index (χ3v) is 5.08. The molecule has 0 aromatic carbocycles. The van der Waals surface area contributed by atoms with Crippen LogP contribution in [0.2, 0.25) is 0 Å². The molecule has 0 aliphatic carbocycles. The molecule has 4 heteroatoms. The summed E-state index contributed by atoms with van der Waals surface area (Å²) in [6.07, 6.45) is 0. The van der Waals surface area contributed by atoms with Crippen molar-refractivity contribution < 1.29 is 0 Å². The third kappa shape index (κ3) is 1.07. The Kier molecular flexibility index (Phi) is 1.89. The fraction of sp³-hybridized carbons (Fsp3) is 0.400. The number of rotatable bonds is 0. The van der Waals surface area contributed by atoms with E-state index in [0.717, 1.165) is 13.1 Å². The summed E-state index contributed by atoms with van der Waals surface area (Å²) in [6.45, 7) is 6.63. The molecule has 0 aromatic heterocycles. The van der Waals surface area contributed by atoms with Gasteiger partial charge in [0, 0.05) is 24.5 Å². The fourth-order valence-electron chi connectivity index (χ4n) is 1.94. The number of fused-ring (bicyclic) bond motifs is 2. The Morgan fingerprint density at radius 1 is 0.929 bits per heavy atom. The Bertz CT molecular complexity index is 346. The van der Waals surface area contributed by atoms with E-state index in [2.05, 4.69) is 34.5 Å². The van der Waals surface area contributed by atoms with Crippen LogP contribution < -0.4 is 0 Å². The second-order valence-corrected chi connectivity index (χ2v) is 5.38. The van der Waals surface area contributed by atoms with Gasteiger partial charge >= 0.3 is 0 Å². The van der Waals surface area contributed by atoms with Crippen molar-refractivity contribution >= 4 is 23.5 Å². The van der Waals surface area contributed by atoms with Crippen LogP contribution in [0.1, 0.15) is 13.8 Å². The molecule has 0 saturated heterocycles. The number of thioether (sulfide) groups is 2. The standard InChI is InChI=1S/C10H12N2S2/c1-7-5-13-9-10-12(4-3-11(7)9)8(2)6-14-10/h5-6H,3-4H2,1-2H3. The second kappa shape index (κ2) is 3.00. The largest absolute Gasteiger partial charge is 0.335 e. The predicted molar refractivity (Wildman–Crippen MR) is 63.1 cm³/mol. The van der Waals surface area contributed by atoms with Gasteiger partial charge in [0.05, 0.1) is 0 Å². The summed E-state index contributed by atoms with van der Waals surface area (Å²) >= 11 is 3.72. The van der Waals surface area contributed by atoms with Crippen LogP contribution in [-0.2, 0) is 0 Å². The van der Waals surface area contributed by atoms with E-state index in [-0.39, 0.29) is 0 Å². The van der Waals surface area contributed by atoms with Gasteiger partial charge in [0.25, 0.3) is 0 Å². The molecule has 0 unspecified atom stereocenters. The molecule has 3 aliphatic heterocycles. The molecule has 3 rings (SSSR count). The number of nitrogens with zero attached hydrogens (tertiary/aromatic N) is 2. The van der Waals surface area contributed by atoms with Crippen molar-refractivity contribution in [3.05, 3.63) is 32.3 Å². The van der Waals surface area contributed by atoms with Crippen molar-refractivity contribution in [3.8, 4) is 0 Å². The van der Waals surface area contributed by atoms with E-state index in [1.807, 2.05) is 23.5 Å². The molecule has 0 spiro atoms. The predicted octanol–water partition coefficient (Wildman–Crippen LogP) is 2.95. The highest BCUT2D eigenvalue weighted by molar-refractivity contribution is 8.09. The highest BCUT2D eigenvalue weighted by Gasteiger charge is 2.32. The smallest absolute Gasteiger partial charge is 0.111 e. The van der Waals surface area contributed by atoms with Gasteiger partial charge in [-0.1, -0.05) is 23.5 Å². The molecular formula is C10H12N2S2. The molecule has 0 amide bonds. The lowest BCUT2D eigenvalue weighted by Crippen LogP contribution is -2.35. The van der Waals surface area contributed by atoms with Crippen molar-refractivity contribution in [2.24, 2.45) is 0 Å². The molecule has 0 aromatic rings. The molecule has 0 atom stereocenters. The van der Waals surface area contributed by atoms with Gasteiger partial charge in [-0.15, -0.1) is 0 Å². The maximum absolute atomic E-state index is 2.43. The van der Waals surface area contributed by atoms with E-state index in [9.17, 15) is 0 Å². The lowest BCUT2D eigenvalue weighted by atomic mass is 10.3. The molecule has 0 N–H and O–H groups in total.